The minimum Gasteiger partial charge on any atom is -0.330 e. The number of nitro groups is 1. The number of nitrogens with zero attached hydrogens (tertiary/aromatic N) is 1. The molecule has 0 unspecified atom stereocenters. The molecule has 1 aliphatic rings. The Morgan fingerprint density at radius 1 is 1.50 bits per heavy atom. The quantitative estimate of drug-likeness (QED) is 0.629. The third-order valence-electron chi connectivity index (χ3n) is 3.20. The molecule has 0 spiro atoms. The number of hydrogen-bond donors (Lipinski definition) is 1. The van der Waals surface area contributed by atoms with Gasteiger partial charge in [-0.2, -0.15) is 0 Å². The molecule has 0 radical (unpaired) electrons. The Morgan fingerprint density at radius 2 is 2.19 bits per heavy atom. The highest BCUT2D eigenvalue weighted by molar-refractivity contribution is 5.49. The lowest BCUT2D eigenvalue weighted by molar-refractivity contribution is -0.386. The van der Waals surface area contributed by atoms with Crippen LogP contribution >= 0.6 is 0 Å². The standard InChI is InChI=1S/C11H13FN2O2/c12-8-2-1-3-9(14(15)16)10(8)11(4-5-11)6-7-13/h1-3H,4-7,13H2. The van der Waals surface area contributed by atoms with Crippen molar-refractivity contribution < 1.29 is 9.31 Å². The first-order valence-corrected chi connectivity index (χ1v) is 5.24. The van der Waals surface area contributed by atoms with Crippen molar-refractivity contribution in [3.05, 3.63) is 39.7 Å². The monoisotopic (exact) mass is 224 g/mol. The molecule has 1 fully saturated rings. The van der Waals surface area contributed by atoms with Crippen LogP contribution in [0.25, 0.3) is 0 Å². The van der Waals surface area contributed by atoms with Crippen LogP contribution in [-0.2, 0) is 5.41 Å². The number of nitrogens with two attached hydrogens (primary N) is 1. The van der Waals surface area contributed by atoms with Crippen LogP contribution in [0.4, 0.5) is 10.1 Å². The maximum absolute atomic E-state index is 13.7. The maximum Gasteiger partial charge on any atom is 0.276 e. The van der Waals surface area contributed by atoms with E-state index in [4.69, 9.17) is 5.73 Å². The van der Waals surface area contributed by atoms with Crippen LogP contribution in [0.3, 0.4) is 0 Å². The summed E-state index contributed by atoms with van der Waals surface area (Å²) in [7, 11) is 0. The zero-order valence-electron chi connectivity index (χ0n) is 8.78. The van der Waals surface area contributed by atoms with Gasteiger partial charge in [-0.15, -0.1) is 0 Å². The summed E-state index contributed by atoms with van der Waals surface area (Å²) in [5.74, 6) is -0.486. The SMILES string of the molecule is NCCC1(c2c(F)cccc2[N+](=O)[O-])CC1. The molecule has 0 saturated heterocycles. The summed E-state index contributed by atoms with van der Waals surface area (Å²) in [6.45, 7) is 0.422. The minimum atomic E-state index is -0.519. The van der Waals surface area contributed by atoms with Crippen LogP contribution in [0, 0.1) is 15.9 Å². The van der Waals surface area contributed by atoms with Crippen molar-refractivity contribution in [2.45, 2.75) is 24.7 Å². The zero-order valence-corrected chi connectivity index (χ0v) is 8.78. The van der Waals surface area contributed by atoms with Crippen LogP contribution in [0.15, 0.2) is 18.2 Å². The van der Waals surface area contributed by atoms with Crippen LogP contribution < -0.4 is 5.73 Å². The first-order valence-electron chi connectivity index (χ1n) is 5.24. The predicted octanol–water partition coefficient (Wildman–Crippen LogP) is 2.11. The molecule has 86 valence electrons. The third-order valence-corrected chi connectivity index (χ3v) is 3.20. The summed E-state index contributed by atoms with van der Waals surface area (Å²) in [5.41, 5.74) is 5.21. The maximum atomic E-state index is 13.7. The van der Waals surface area contributed by atoms with E-state index in [0.717, 1.165) is 12.8 Å². The van der Waals surface area contributed by atoms with Crippen molar-refractivity contribution >= 4 is 5.69 Å². The van der Waals surface area contributed by atoms with Crippen molar-refractivity contribution in [3.63, 3.8) is 0 Å². The number of rotatable bonds is 4. The van der Waals surface area contributed by atoms with Crippen molar-refractivity contribution in [2.24, 2.45) is 5.73 Å². The summed E-state index contributed by atoms with van der Waals surface area (Å²) in [6, 6.07) is 4.00. The second-order valence-electron chi connectivity index (χ2n) is 4.21. The molecular formula is C11H13FN2O2. The van der Waals surface area contributed by atoms with Crippen LogP contribution in [0.5, 0.6) is 0 Å². The lowest BCUT2D eigenvalue weighted by atomic mass is 9.90. The Balaban J connectivity index is 2.50. The normalized spacial score (nSPS) is 17.1. The van der Waals surface area contributed by atoms with E-state index in [1.807, 2.05) is 0 Å². The van der Waals surface area contributed by atoms with Gasteiger partial charge in [-0.1, -0.05) is 6.07 Å². The number of benzene rings is 1. The second kappa shape index (κ2) is 3.83. The average Bonchev–Trinajstić information content (AvgIpc) is 2.98. The summed E-state index contributed by atoms with van der Waals surface area (Å²) in [5, 5.41) is 10.9. The van der Waals surface area contributed by atoms with E-state index in [9.17, 15) is 14.5 Å². The molecule has 0 amide bonds. The molecule has 0 aliphatic heterocycles. The highest BCUT2D eigenvalue weighted by Gasteiger charge is 2.49. The van der Waals surface area contributed by atoms with E-state index in [1.54, 1.807) is 0 Å². The molecule has 0 atom stereocenters. The lowest BCUT2D eigenvalue weighted by Gasteiger charge is -2.15. The van der Waals surface area contributed by atoms with Crippen molar-refractivity contribution in [2.75, 3.05) is 6.54 Å². The zero-order chi connectivity index (χ0) is 11.8. The summed E-state index contributed by atoms with van der Waals surface area (Å²) in [4.78, 5) is 10.3. The van der Waals surface area contributed by atoms with Gasteiger partial charge in [-0.3, -0.25) is 10.1 Å². The van der Waals surface area contributed by atoms with Gasteiger partial charge in [0.1, 0.15) is 5.82 Å². The van der Waals surface area contributed by atoms with Gasteiger partial charge in [-0.05, 0) is 31.9 Å². The van der Waals surface area contributed by atoms with Crippen molar-refractivity contribution in [1.82, 2.24) is 0 Å². The van der Waals surface area contributed by atoms with Gasteiger partial charge >= 0.3 is 0 Å². The van der Waals surface area contributed by atoms with E-state index < -0.39 is 10.7 Å². The van der Waals surface area contributed by atoms with E-state index >= 15 is 0 Å². The molecule has 1 saturated carbocycles. The third kappa shape index (κ3) is 1.67. The van der Waals surface area contributed by atoms with E-state index in [2.05, 4.69) is 0 Å². The summed E-state index contributed by atoms with van der Waals surface area (Å²) >= 11 is 0. The molecule has 0 heterocycles. The molecule has 1 aromatic carbocycles. The van der Waals surface area contributed by atoms with Gasteiger partial charge in [0.2, 0.25) is 0 Å². The first kappa shape index (κ1) is 11.0. The first-order chi connectivity index (χ1) is 7.60. The fourth-order valence-electron chi connectivity index (χ4n) is 2.24. The fourth-order valence-corrected chi connectivity index (χ4v) is 2.24. The molecule has 4 nitrogen and oxygen atoms in total. The number of halogens is 1. The molecule has 0 bridgehead atoms. The molecular weight excluding hydrogens is 211 g/mol. The van der Waals surface area contributed by atoms with Crippen LogP contribution in [0.2, 0.25) is 0 Å². The molecule has 0 aromatic heterocycles. The molecule has 5 heteroatoms. The summed E-state index contributed by atoms with van der Waals surface area (Å²) < 4.78 is 13.7. The van der Waals surface area contributed by atoms with Gasteiger partial charge in [0.25, 0.3) is 5.69 Å². The smallest absolute Gasteiger partial charge is 0.276 e. The van der Waals surface area contributed by atoms with Crippen molar-refractivity contribution in [3.8, 4) is 0 Å². The lowest BCUT2D eigenvalue weighted by Crippen LogP contribution is -2.16. The van der Waals surface area contributed by atoms with Crippen LogP contribution in [0.1, 0.15) is 24.8 Å². The van der Waals surface area contributed by atoms with Gasteiger partial charge < -0.3 is 5.73 Å². The summed E-state index contributed by atoms with van der Waals surface area (Å²) in [6.07, 6.45) is 2.17. The van der Waals surface area contributed by atoms with Gasteiger partial charge in [0.15, 0.2) is 0 Å². The Morgan fingerprint density at radius 3 is 2.69 bits per heavy atom. The average molecular weight is 224 g/mol. The molecule has 16 heavy (non-hydrogen) atoms. The van der Waals surface area contributed by atoms with E-state index in [-0.39, 0.29) is 16.7 Å². The molecule has 1 aliphatic carbocycles. The Kier molecular flexibility index (Phi) is 2.63. The number of hydrogen-bond acceptors (Lipinski definition) is 3. The van der Waals surface area contributed by atoms with E-state index in [1.165, 1.54) is 18.2 Å². The predicted molar refractivity (Wildman–Crippen MR) is 57.6 cm³/mol. The molecule has 1 aromatic rings. The van der Waals surface area contributed by atoms with Crippen LogP contribution in [-0.4, -0.2) is 11.5 Å². The minimum absolute atomic E-state index is 0.119. The fraction of sp³-hybridized carbons (Fsp3) is 0.455. The highest BCUT2D eigenvalue weighted by atomic mass is 19.1. The second-order valence-corrected chi connectivity index (χ2v) is 4.21. The Labute approximate surface area is 92.4 Å². The Hall–Kier alpha value is -1.49. The molecule has 2 N–H and O–H groups in total. The number of nitro benzene ring substituents is 1. The van der Waals surface area contributed by atoms with Gasteiger partial charge in [0.05, 0.1) is 10.5 Å². The largest absolute Gasteiger partial charge is 0.330 e. The Bertz CT molecular complexity index is 430. The van der Waals surface area contributed by atoms with E-state index in [0.29, 0.717) is 13.0 Å². The molecule has 2 rings (SSSR count). The van der Waals surface area contributed by atoms with Gasteiger partial charge in [0, 0.05) is 11.5 Å². The van der Waals surface area contributed by atoms with Crippen molar-refractivity contribution in [1.29, 1.82) is 0 Å². The topological polar surface area (TPSA) is 69.2 Å². The van der Waals surface area contributed by atoms with Gasteiger partial charge in [-0.25, -0.2) is 4.39 Å². The highest BCUT2D eigenvalue weighted by Crippen LogP contribution is 2.54.